The molecule has 1 aliphatic carbocycles. The van der Waals surface area contributed by atoms with Gasteiger partial charge in [0.2, 0.25) is 15.9 Å². The van der Waals surface area contributed by atoms with Crippen LogP contribution in [-0.2, 0) is 14.8 Å². The molecule has 1 aromatic carbocycles. The van der Waals surface area contributed by atoms with Crippen molar-refractivity contribution in [3.8, 4) is 0 Å². The molecule has 1 amide bonds. The van der Waals surface area contributed by atoms with E-state index >= 15 is 0 Å². The van der Waals surface area contributed by atoms with Crippen LogP contribution in [0.2, 0.25) is 0 Å². The summed E-state index contributed by atoms with van der Waals surface area (Å²) in [4.78, 5) is 12.0. The number of rotatable bonds is 3. The third kappa shape index (κ3) is 3.21. The van der Waals surface area contributed by atoms with Gasteiger partial charge in [-0.1, -0.05) is 18.2 Å². The van der Waals surface area contributed by atoms with Gasteiger partial charge >= 0.3 is 0 Å². The zero-order valence-electron chi connectivity index (χ0n) is 10.6. The minimum atomic E-state index is -3.77. The summed E-state index contributed by atoms with van der Waals surface area (Å²) in [5.74, 6) is -0.173. The van der Waals surface area contributed by atoms with Crippen molar-refractivity contribution < 1.29 is 13.2 Å². The summed E-state index contributed by atoms with van der Waals surface area (Å²) in [5, 5.41) is 7.85. The fourth-order valence-corrected chi connectivity index (χ4v) is 2.87. The molecule has 0 bridgehead atoms. The minimum absolute atomic E-state index is 0.0369. The third-order valence-corrected chi connectivity index (χ3v) is 4.19. The van der Waals surface area contributed by atoms with E-state index in [4.69, 9.17) is 5.14 Å². The van der Waals surface area contributed by atoms with Gasteiger partial charge in [0.25, 0.3) is 0 Å². The maximum atomic E-state index is 11.9. The fourth-order valence-electron chi connectivity index (χ4n) is 2.06. The number of nitrogens with two attached hydrogens (primary N) is 1. The Morgan fingerprint density at radius 2 is 1.95 bits per heavy atom. The smallest absolute Gasteiger partial charge is 0.238 e. The number of hydrogen-bond acceptors (Lipinski definition) is 3. The summed E-state index contributed by atoms with van der Waals surface area (Å²) >= 11 is 0. The molecule has 1 aliphatic rings. The number of carbonyl (C=O) groups is 1. The second-order valence-corrected chi connectivity index (χ2v) is 6.18. The number of primary sulfonamides is 1. The first kappa shape index (κ1) is 13.8. The van der Waals surface area contributed by atoms with Crippen molar-refractivity contribution in [1.82, 2.24) is 0 Å². The predicted octanol–water partition coefficient (Wildman–Crippen LogP) is 1.55. The van der Waals surface area contributed by atoms with Gasteiger partial charge in [-0.25, -0.2) is 13.6 Å². The predicted molar refractivity (Wildman–Crippen MR) is 73.0 cm³/mol. The molecule has 3 N–H and O–H groups in total. The van der Waals surface area contributed by atoms with Crippen molar-refractivity contribution in [3.63, 3.8) is 0 Å². The summed E-state index contributed by atoms with van der Waals surface area (Å²) in [5.41, 5.74) is 1.01. The summed E-state index contributed by atoms with van der Waals surface area (Å²) in [6.45, 7) is 1.66. The van der Waals surface area contributed by atoms with Gasteiger partial charge < -0.3 is 5.32 Å². The number of carbonyl (C=O) groups excluding carboxylic acids is 1. The van der Waals surface area contributed by atoms with Crippen molar-refractivity contribution in [1.29, 1.82) is 0 Å². The maximum Gasteiger partial charge on any atom is 0.238 e. The first-order valence-electron chi connectivity index (χ1n) is 5.97. The van der Waals surface area contributed by atoms with Crippen LogP contribution >= 0.6 is 0 Å². The summed E-state index contributed by atoms with van der Waals surface area (Å²) in [6, 6.07) is 4.69. The molecule has 0 spiro atoms. The zero-order chi connectivity index (χ0) is 14.0. The molecule has 0 atom stereocenters. The van der Waals surface area contributed by atoms with E-state index in [1.54, 1.807) is 19.1 Å². The Morgan fingerprint density at radius 1 is 1.32 bits per heavy atom. The van der Waals surface area contributed by atoms with Crippen LogP contribution in [-0.4, -0.2) is 14.3 Å². The average Bonchev–Trinajstić information content (AvgIpc) is 2.83. The van der Waals surface area contributed by atoms with Gasteiger partial charge in [-0.05, 0) is 37.5 Å². The number of allylic oxidation sites excluding steroid dienone is 2. The van der Waals surface area contributed by atoms with E-state index in [9.17, 15) is 13.2 Å². The van der Waals surface area contributed by atoms with Crippen LogP contribution in [0.25, 0.3) is 0 Å². The van der Waals surface area contributed by atoms with Gasteiger partial charge in [-0.3, -0.25) is 4.79 Å². The summed E-state index contributed by atoms with van der Waals surface area (Å²) < 4.78 is 22.8. The molecular formula is C13H16N2O3S. The van der Waals surface area contributed by atoms with E-state index in [0.29, 0.717) is 11.3 Å². The van der Waals surface area contributed by atoms with Crippen molar-refractivity contribution in [3.05, 3.63) is 35.9 Å². The van der Waals surface area contributed by atoms with Gasteiger partial charge in [0.05, 0.1) is 4.90 Å². The zero-order valence-corrected chi connectivity index (χ0v) is 11.4. The molecule has 5 nitrogen and oxygen atoms in total. The van der Waals surface area contributed by atoms with Crippen LogP contribution in [0.3, 0.4) is 0 Å². The fraction of sp³-hybridized carbons (Fsp3) is 0.308. The number of aryl methyl sites for hydroxylation is 1. The summed E-state index contributed by atoms with van der Waals surface area (Å²) in [6.07, 6.45) is 5.38. The van der Waals surface area contributed by atoms with Gasteiger partial charge in [-0.15, -0.1) is 0 Å². The molecule has 1 aromatic rings. The van der Waals surface area contributed by atoms with E-state index in [1.807, 2.05) is 12.2 Å². The monoisotopic (exact) mass is 280 g/mol. The van der Waals surface area contributed by atoms with Crippen molar-refractivity contribution in [2.24, 2.45) is 11.1 Å². The molecular weight excluding hydrogens is 264 g/mol. The summed E-state index contributed by atoms with van der Waals surface area (Å²) in [7, 11) is -3.77. The second kappa shape index (κ2) is 5.14. The van der Waals surface area contributed by atoms with Crippen molar-refractivity contribution >= 4 is 21.6 Å². The van der Waals surface area contributed by atoms with Gasteiger partial charge in [0.1, 0.15) is 0 Å². The highest BCUT2D eigenvalue weighted by molar-refractivity contribution is 7.89. The highest BCUT2D eigenvalue weighted by atomic mass is 32.2. The van der Waals surface area contributed by atoms with Crippen molar-refractivity contribution in [2.75, 3.05) is 5.32 Å². The van der Waals surface area contributed by atoms with Gasteiger partial charge in [0, 0.05) is 11.6 Å². The normalized spacial score (nSPS) is 15.7. The van der Waals surface area contributed by atoms with Crippen LogP contribution in [0.4, 0.5) is 5.69 Å². The molecule has 0 saturated heterocycles. The molecule has 6 heteroatoms. The highest BCUT2D eigenvalue weighted by Crippen LogP contribution is 2.22. The Balaban J connectivity index is 2.20. The standard InChI is InChI=1S/C13H16N2O3S/c1-9-6-7-11(8-12(9)19(14,17)18)15-13(16)10-4-2-3-5-10/h2-3,6-8,10H,4-5H2,1H3,(H,15,16)(H2,14,17,18). The van der Waals surface area contributed by atoms with E-state index in [1.165, 1.54) is 6.07 Å². The Bertz CT molecular complexity index is 627. The number of anilines is 1. The molecule has 0 radical (unpaired) electrons. The highest BCUT2D eigenvalue weighted by Gasteiger charge is 2.20. The first-order valence-corrected chi connectivity index (χ1v) is 7.52. The molecule has 2 rings (SSSR count). The van der Waals surface area contributed by atoms with Crippen LogP contribution in [0.15, 0.2) is 35.2 Å². The molecule has 0 fully saturated rings. The molecule has 19 heavy (non-hydrogen) atoms. The Hall–Kier alpha value is -1.66. The SMILES string of the molecule is Cc1ccc(NC(=O)C2CC=CC2)cc1S(N)(=O)=O. The van der Waals surface area contributed by atoms with Crippen molar-refractivity contribution in [2.45, 2.75) is 24.7 Å². The topological polar surface area (TPSA) is 89.3 Å². The number of nitrogens with one attached hydrogen (secondary N) is 1. The molecule has 0 heterocycles. The van der Waals surface area contributed by atoms with Crippen LogP contribution in [0.5, 0.6) is 0 Å². The number of benzene rings is 1. The minimum Gasteiger partial charge on any atom is -0.326 e. The van der Waals surface area contributed by atoms with Crippen LogP contribution in [0.1, 0.15) is 18.4 Å². The molecule has 0 saturated carbocycles. The van der Waals surface area contributed by atoms with Gasteiger partial charge in [0.15, 0.2) is 0 Å². The lowest BCUT2D eigenvalue weighted by Gasteiger charge is -2.12. The van der Waals surface area contributed by atoms with Crippen LogP contribution < -0.4 is 10.5 Å². The number of sulfonamides is 1. The molecule has 102 valence electrons. The molecule has 0 aliphatic heterocycles. The number of amides is 1. The number of hydrogen-bond donors (Lipinski definition) is 2. The quantitative estimate of drug-likeness (QED) is 0.823. The molecule has 0 aromatic heterocycles. The van der Waals surface area contributed by atoms with E-state index in [2.05, 4.69) is 5.32 Å². The first-order chi connectivity index (χ1) is 8.88. The Morgan fingerprint density at radius 3 is 2.53 bits per heavy atom. The average molecular weight is 280 g/mol. The molecule has 0 unspecified atom stereocenters. The lowest BCUT2D eigenvalue weighted by Crippen LogP contribution is -2.21. The largest absolute Gasteiger partial charge is 0.326 e. The van der Waals surface area contributed by atoms with E-state index in [-0.39, 0.29) is 16.7 Å². The second-order valence-electron chi connectivity index (χ2n) is 4.65. The maximum absolute atomic E-state index is 11.9. The third-order valence-electron chi connectivity index (χ3n) is 3.14. The Kier molecular flexibility index (Phi) is 3.73. The van der Waals surface area contributed by atoms with Crippen LogP contribution in [0, 0.1) is 12.8 Å². The lowest BCUT2D eigenvalue weighted by atomic mass is 10.1. The Labute approximate surface area is 112 Å². The van der Waals surface area contributed by atoms with E-state index < -0.39 is 10.0 Å². The van der Waals surface area contributed by atoms with E-state index in [0.717, 1.165) is 12.8 Å². The lowest BCUT2D eigenvalue weighted by molar-refractivity contribution is -0.119. The van der Waals surface area contributed by atoms with Gasteiger partial charge in [-0.2, -0.15) is 0 Å².